The average Bonchev–Trinajstić information content (AvgIpc) is 3.52. The molecule has 3 saturated heterocycles. The van der Waals surface area contributed by atoms with Crippen LogP contribution in [-0.4, -0.2) is 323 Å². The molecule has 3 rings (SSSR count). The van der Waals surface area contributed by atoms with Crippen LogP contribution in [0.4, 0.5) is 0 Å². The highest BCUT2D eigenvalue weighted by Gasteiger charge is 2.44. The van der Waals surface area contributed by atoms with Crippen LogP contribution in [0.5, 0.6) is 0 Å². The van der Waals surface area contributed by atoms with Crippen LogP contribution in [0, 0.1) is 5.41 Å². The van der Waals surface area contributed by atoms with E-state index in [0.717, 1.165) is 0 Å². The molecule has 3 aliphatic rings. The maximum absolute atomic E-state index is 12.5. The van der Waals surface area contributed by atoms with E-state index in [9.17, 15) is 55.2 Å². The highest BCUT2D eigenvalue weighted by atomic mass is 16.7. The normalized spacial score (nSPS) is 28.4. The molecule has 0 radical (unpaired) electrons. The highest BCUT2D eigenvalue weighted by molar-refractivity contribution is 5.76. The summed E-state index contributed by atoms with van der Waals surface area (Å²) in [5.74, 6) is -0.767. The first-order valence-corrected chi connectivity index (χ1v) is 27.8. The van der Waals surface area contributed by atoms with E-state index in [1.165, 1.54) is 0 Å². The van der Waals surface area contributed by atoms with Gasteiger partial charge in [-0.05, 0) is 0 Å². The molecule has 0 aromatic rings. The number of carbonyl (C=O) groups is 3. The third-order valence-electron chi connectivity index (χ3n) is 12.8. The Hall–Kier alpha value is -2.63. The topological polar surface area (TPSA) is 466 Å². The Balaban J connectivity index is 1.26. The second kappa shape index (κ2) is 43.9. The molecule has 3 aliphatic heterocycles. The number of ether oxygens (including phenoxy) is 15. The summed E-state index contributed by atoms with van der Waals surface area (Å²) in [6, 6.07) is -2.75. The lowest BCUT2D eigenvalue weighted by atomic mass is 9.94. The van der Waals surface area contributed by atoms with Gasteiger partial charge in [-0.3, -0.25) is 14.4 Å². The van der Waals surface area contributed by atoms with Crippen molar-refractivity contribution in [3.63, 3.8) is 0 Å². The lowest BCUT2D eigenvalue weighted by Crippen LogP contribution is -2.62. The smallest absolute Gasteiger partial charge is 0.222 e. The number of nitrogens with two attached hydrogens (primary N) is 3. The summed E-state index contributed by atoms with van der Waals surface area (Å²) in [4.78, 5) is 37.6. The van der Waals surface area contributed by atoms with Gasteiger partial charge >= 0.3 is 0 Å². The predicted molar refractivity (Wildman–Crippen MR) is 282 cm³/mol. The van der Waals surface area contributed by atoms with Gasteiger partial charge in [-0.1, -0.05) is 6.92 Å². The Morgan fingerprint density at radius 2 is 0.744 bits per heavy atom. The number of amides is 3. The fraction of sp³-hybridized carbons (Fsp3) is 0.940. The molecule has 0 bridgehead atoms. The molecule has 32 heteroatoms. The van der Waals surface area contributed by atoms with Crippen molar-refractivity contribution >= 4 is 17.7 Å². The zero-order chi connectivity index (χ0) is 60.0. The molecule has 0 saturated carbocycles. The fourth-order valence-corrected chi connectivity index (χ4v) is 7.98. The van der Waals surface area contributed by atoms with E-state index in [1.54, 1.807) is 0 Å². The van der Waals surface area contributed by atoms with E-state index in [4.69, 9.17) is 88.3 Å². The Kier molecular flexibility index (Phi) is 39.4. The minimum Gasteiger partial charge on any atom is -0.394 e. The van der Waals surface area contributed by atoms with Crippen molar-refractivity contribution < 1.29 is 126 Å². The van der Waals surface area contributed by atoms with E-state index in [0.29, 0.717) is 0 Å². The zero-order valence-corrected chi connectivity index (χ0v) is 47.2. The van der Waals surface area contributed by atoms with Crippen LogP contribution in [0.25, 0.3) is 0 Å². The molecule has 17 N–H and O–H groups in total. The molecular formula is C50H96N6O26. The lowest BCUT2D eigenvalue weighted by Gasteiger charge is -2.40. The minimum absolute atomic E-state index is 0.0612. The zero-order valence-electron chi connectivity index (χ0n) is 47.2. The minimum atomic E-state index is -1.33. The van der Waals surface area contributed by atoms with Gasteiger partial charge in [0.2, 0.25) is 17.7 Å². The van der Waals surface area contributed by atoms with Gasteiger partial charge in [-0.2, -0.15) is 0 Å². The summed E-state index contributed by atoms with van der Waals surface area (Å²) < 4.78 is 83.5. The molecule has 14 unspecified atom stereocenters. The lowest BCUT2D eigenvalue weighted by molar-refractivity contribution is -0.267. The van der Waals surface area contributed by atoms with Crippen molar-refractivity contribution in [2.45, 2.75) is 118 Å². The highest BCUT2D eigenvalue weighted by Crippen LogP contribution is 2.23. The van der Waals surface area contributed by atoms with Gasteiger partial charge in [0.05, 0.1) is 189 Å². The maximum Gasteiger partial charge on any atom is 0.222 e. The average molecular weight is 1200 g/mol. The Bertz CT molecular complexity index is 1580. The van der Waals surface area contributed by atoms with Crippen LogP contribution in [0.3, 0.4) is 0 Å². The van der Waals surface area contributed by atoms with Gasteiger partial charge in [-0.15, -0.1) is 0 Å². The first-order valence-electron chi connectivity index (χ1n) is 27.8. The van der Waals surface area contributed by atoms with Crippen molar-refractivity contribution in [1.82, 2.24) is 16.0 Å². The van der Waals surface area contributed by atoms with Gasteiger partial charge < -0.3 is 145 Å². The van der Waals surface area contributed by atoms with E-state index < -0.39 is 104 Å². The number of hydrogen-bond acceptors (Lipinski definition) is 29. The summed E-state index contributed by atoms with van der Waals surface area (Å²) in [5, 5.41) is 86.2. The van der Waals surface area contributed by atoms with Crippen LogP contribution in [-0.2, 0) is 85.4 Å². The number of carbonyl (C=O) groups excluding carboxylic acids is 3. The molecule has 0 aromatic heterocycles. The number of aliphatic hydroxyl groups is 8. The number of hydrogen-bond donors (Lipinski definition) is 14. The van der Waals surface area contributed by atoms with E-state index >= 15 is 0 Å². The molecule has 14 atom stereocenters. The summed E-state index contributed by atoms with van der Waals surface area (Å²) in [5.41, 5.74) is 16.9. The maximum atomic E-state index is 12.5. The van der Waals surface area contributed by atoms with Gasteiger partial charge in [0.1, 0.15) is 36.6 Å². The summed E-state index contributed by atoms with van der Waals surface area (Å²) >= 11 is 0. The third kappa shape index (κ3) is 30.1. The molecule has 82 heavy (non-hydrogen) atoms. The monoisotopic (exact) mass is 1200 g/mol. The van der Waals surface area contributed by atoms with Crippen molar-refractivity contribution in [2.75, 3.05) is 178 Å². The number of aliphatic hydroxyl groups excluding tert-OH is 8. The van der Waals surface area contributed by atoms with Gasteiger partial charge in [0, 0.05) is 50.7 Å². The number of nitrogens with one attached hydrogen (secondary N) is 3. The molecule has 32 nitrogen and oxygen atoms in total. The van der Waals surface area contributed by atoms with Gasteiger partial charge in [0.25, 0.3) is 0 Å². The molecule has 0 aliphatic carbocycles. The quantitative estimate of drug-likeness (QED) is 0.0252. The standard InChI is InChI=1S/C50H96N6O26/c1-50(30-74-8-2-37(61)54-5-11-68-14-17-71-20-23-77-47-40(51)34(60)26-33(27-57)80-47,31-75-9-3-38(62)55-6-12-69-15-18-72-21-24-78-48-41(52)45(66)43(64)35(28-58)81-48)32-76-10-4-39(63)56-7-13-70-16-19-73-22-25-79-49-42(53)46(67)44(65)36(29-59)82-49/h33-36,40-49,57-60,64-67H,2-32,51-53H2,1H3,(H,54,61)(H,55,62)(H,56,63). The van der Waals surface area contributed by atoms with Crippen molar-refractivity contribution in [3.8, 4) is 0 Å². The summed E-state index contributed by atoms with van der Waals surface area (Å²) in [7, 11) is 0. The fourth-order valence-electron chi connectivity index (χ4n) is 7.98. The SMILES string of the molecule is CC(COCCC(=O)NCCOCCOCCOC1OC(CO)CC(O)C1N)(COCCC(=O)NCCOCCOCCOC1OC(CO)C(O)C(O)C1N)COCCC(=O)NCCOCCOCCOC1OC(CO)C(O)C(O)C1N. The largest absolute Gasteiger partial charge is 0.394 e. The molecule has 3 heterocycles. The van der Waals surface area contributed by atoms with Crippen LogP contribution in [0.1, 0.15) is 32.6 Å². The van der Waals surface area contributed by atoms with Crippen molar-refractivity contribution in [3.05, 3.63) is 0 Å². The van der Waals surface area contributed by atoms with Crippen molar-refractivity contribution in [2.24, 2.45) is 22.6 Å². The molecular weight excluding hydrogens is 1100 g/mol. The van der Waals surface area contributed by atoms with Crippen LogP contribution >= 0.6 is 0 Å². The Morgan fingerprint density at radius 1 is 0.427 bits per heavy atom. The van der Waals surface area contributed by atoms with Crippen molar-refractivity contribution in [1.29, 1.82) is 0 Å². The van der Waals surface area contributed by atoms with Crippen LogP contribution < -0.4 is 33.2 Å². The predicted octanol–water partition coefficient (Wildman–Crippen LogP) is -7.96. The Morgan fingerprint density at radius 3 is 1.07 bits per heavy atom. The first kappa shape index (κ1) is 73.6. The Labute approximate surface area is 478 Å². The molecule has 0 aromatic carbocycles. The second-order valence-corrected chi connectivity index (χ2v) is 19.8. The second-order valence-electron chi connectivity index (χ2n) is 19.8. The molecule has 3 amide bonds. The van der Waals surface area contributed by atoms with Crippen LogP contribution in [0.15, 0.2) is 0 Å². The number of rotatable bonds is 48. The molecule has 3 fully saturated rings. The summed E-state index contributed by atoms with van der Waals surface area (Å²) in [6.07, 6.45) is -11.2. The van der Waals surface area contributed by atoms with E-state index in [2.05, 4.69) is 16.0 Å². The molecule has 0 spiro atoms. The third-order valence-corrected chi connectivity index (χ3v) is 12.8. The van der Waals surface area contributed by atoms with E-state index in [-0.39, 0.29) is 208 Å². The van der Waals surface area contributed by atoms with E-state index in [1.807, 2.05) is 6.92 Å². The van der Waals surface area contributed by atoms with Gasteiger partial charge in [-0.25, -0.2) is 0 Å². The first-order chi connectivity index (χ1) is 39.5. The van der Waals surface area contributed by atoms with Crippen LogP contribution in [0.2, 0.25) is 0 Å². The van der Waals surface area contributed by atoms with Gasteiger partial charge in [0.15, 0.2) is 18.9 Å². The molecule has 482 valence electrons. The summed E-state index contributed by atoms with van der Waals surface area (Å²) in [6.45, 7) is 5.08.